The third-order valence-electron chi connectivity index (χ3n) is 5.64. The maximum Gasteiger partial charge on any atom is 0.191 e. The van der Waals surface area contributed by atoms with Crippen molar-refractivity contribution in [3.05, 3.63) is 23.8 Å². The lowest BCUT2D eigenvalue weighted by atomic mass is 9.88. The summed E-state index contributed by atoms with van der Waals surface area (Å²) >= 11 is 0. The van der Waals surface area contributed by atoms with Gasteiger partial charge in [0.1, 0.15) is 0 Å². The predicted molar refractivity (Wildman–Crippen MR) is 118 cm³/mol. The normalized spacial score (nSPS) is 16.6. The van der Waals surface area contributed by atoms with Crippen LogP contribution >= 0.6 is 0 Å². The maximum atomic E-state index is 5.67. The number of hydrogen-bond acceptors (Lipinski definition) is 5. The molecular formula is C22H38N4O3. The largest absolute Gasteiger partial charge is 0.493 e. The number of nitrogens with one attached hydrogen (secondary N) is 2. The molecule has 1 heterocycles. The van der Waals surface area contributed by atoms with Crippen molar-refractivity contribution in [1.82, 2.24) is 15.5 Å². The molecule has 2 N–H and O–H groups in total. The van der Waals surface area contributed by atoms with Gasteiger partial charge in [0, 0.05) is 38.9 Å². The Morgan fingerprint density at radius 3 is 2.59 bits per heavy atom. The number of aryl methyl sites for hydroxylation is 1. The van der Waals surface area contributed by atoms with E-state index in [9.17, 15) is 0 Å². The minimum Gasteiger partial charge on any atom is -0.493 e. The Morgan fingerprint density at radius 2 is 1.97 bits per heavy atom. The van der Waals surface area contributed by atoms with E-state index in [-0.39, 0.29) is 5.54 Å². The van der Waals surface area contributed by atoms with Crippen molar-refractivity contribution >= 4 is 5.96 Å². The second-order valence-electron chi connectivity index (χ2n) is 7.61. The molecule has 0 bridgehead atoms. The maximum absolute atomic E-state index is 5.67. The van der Waals surface area contributed by atoms with E-state index >= 15 is 0 Å². The van der Waals surface area contributed by atoms with Crippen LogP contribution in [0.4, 0.5) is 0 Å². The van der Waals surface area contributed by atoms with Gasteiger partial charge in [-0.3, -0.25) is 4.99 Å². The predicted octanol–water partition coefficient (Wildman–Crippen LogP) is 2.30. The lowest BCUT2D eigenvalue weighted by Gasteiger charge is -2.43. The number of ether oxygens (including phenoxy) is 3. The molecule has 0 atom stereocenters. The Balaban J connectivity index is 1.79. The summed E-state index contributed by atoms with van der Waals surface area (Å²) < 4.78 is 16.6. The summed E-state index contributed by atoms with van der Waals surface area (Å²) in [6.07, 6.45) is 4.03. The fourth-order valence-electron chi connectivity index (χ4n) is 3.65. The van der Waals surface area contributed by atoms with Crippen LogP contribution in [0.1, 0.15) is 31.7 Å². The van der Waals surface area contributed by atoms with Crippen LogP contribution in [-0.2, 0) is 11.2 Å². The molecular weight excluding hydrogens is 368 g/mol. The van der Waals surface area contributed by atoms with Gasteiger partial charge in [0.05, 0.1) is 13.7 Å². The second-order valence-corrected chi connectivity index (χ2v) is 7.61. The molecule has 0 aromatic heterocycles. The van der Waals surface area contributed by atoms with Gasteiger partial charge >= 0.3 is 0 Å². The van der Waals surface area contributed by atoms with Gasteiger partial charge in [-0.2, -0.15) is 0 Å². The molecule has 1 saturated heterocycles. The molecule has 0 amide bonds. The number of likely N-dealkylation sites (N-methyl/N-ethyl adjacent to an activating group) is 1. The number of benzene rings is 1. The van der Waals surface area contributed by atoms with Crippen molar-refractivity contribution < 1.29 is 14.2 Å². The van der Waals surface area contributed by atoms with E-state index in [4.69, 9.17) is 14.2 Å². The van der Waals surface area contributed by atoms with Crippen LogP contribution in [0.3, 0.4) is 0 Å². The molecule has 0 saturated carbocycles. The first-order valence-corrected chi connectivity index (χ1v) is 10.5. The van der Waals surface area contributed by atoms with Gasteiger partial charge in [-0.05, 0) is 64.4 Å². The molecule has 0 aliphatic carbocycles. The van der Waals surface area contributed by atoms with Crippen molar-refractivity contribution in [2.24, 2.45) is 4.99 Å². The molecule has 2 rings (SSSR count). The third kappa shape index (κ3) is 6.78. The molecule has 164 valence electrons. The molecule has 1 aliphatic heterocycles. The van der Waals surface area contributed by atoms with Crippen LogP contribution in [0.25, 0.3) is 0 Å². The lowest BCUT2D eigenvalue weighted by molar-refractivity contribution is -0.00501. The third-order valence-corrected chi connectivity index (χ3v) is 5.64. The zero-order valence-electron chi connectivity index (χ0n) is 18.7. The highest BCUT2D eigenvalue weighted by Crippen LogP contribution is 2.28. The van der Waals surface area contributed by atoms with Gasteiger partial charge in [0.25, 0.3) is 0 Å². The van der Waals surface area contributed by atoms with Crippen LogP contribution in [0, 0.1) is 0 Å². The highest BCUT2D eigenvalue weighted by atomic mass is 16.5. The number of nitrogens with zero attached hydrogens (tertiary/aromatic N) is 2. The molecule has 1 aromatic rings. The molecule has 0 spiro atoms. The molecule has 1 fully saturated rings. The van der Waals surface area contributed by atoms with Crippen molar-refractivity contribution in [3.63, 3.8) is 0 Å². The highest BCUT2D eigenvalue weighted by Gasteiger charge is 2.34. The lowest BCUT2D eigenvalue weighted by Crippen LogP contribution is -2.57. The van der Waals surface area contributed by atoms with Gasteiger partial charge in [0.2, 0.25) is 0 Å². The summed E-state index contributed by atoms with van der Waals surface area (Å²) in [5.74, 6) is 2.44. The first-order valence-electron chi connectivity index (χ1n) is 10.5. The van der Waals surface area contributed by atoms with E-state index in [1.165, 1.54) is 5.56 Å². The Kier molecular flexibility index (Phi) is 9.54. The summed E-state index contributed by atoms with van der Waals surface area (Å²) in [4.78, 5) is 6.69. The van der Waals surface area contributed by atoms with Gasteiger partial charge in [-0.1, -0.05) is 6.07 Å². The SMILES string of the molecule is CCOc1cc(CCCNC(=NC)NCC2(N(C)C)CCOCC2)ccc1OC. The highest BCUT2D eigenvalue weighted by molar-refractivity contribution is 5.79. The number of hydrogen-bond donors (Lipinski definition) is 2. The van der Waals surface area contributed by atoms with Crippen LogP contribution in [0.2, 0.25) is 0 Å². The van der Waals surface area contributed by atoms with Gasteiger partial charge in [-0.15, -0.1) is 0 Å². The Morgan fingerprint density at radius 1 is 1.21 bits per heavy atom. The average Bonchev–Trinajstić information content (AvgIpc) is 2.74. The van der Waals surface area contributed by atoms with E-state index in [0.717, 1.165) is 69.4 Å². The zero-order valence-corrected chi connectivity index (χ0v) is 18.7. The molecule has 7 nitrogen and oxygen atoms in total. The van der Waals surface area contributed by atoms with Crippen molar-refractivity contribution in [2.45, 2.75) is 38.1 Å². The Bertz CT molecular complexity index is 643. The Hall–Kier alpha value is -1.99. The van der Waals surface area contributed by atoms with E-state index in [0.29, 0.717) is 6.61 Å². The topological polar surface area (TPSA) is 67.4 Å². The van der Waals surface area contributed by atoms with Crippen molar-refractivity contribution in [1.29, 1.82) is 0 Å². The second kappa shape index (κ2) is 11.9. The van der Waals surface area contributed by atoms with Gasteiger partial charge in [0.15, 0.2) is 17.5 Å². The van der Waals surface area contributed by atoms with E-state index < -0.39 is 0 Å². The minimum absolute atomic E-state index is 0.120. The van der Waals surface area contributed by atoms with Gasteiger partial charge < -0.3 is 29.7 Å². The summed E-state index contributed by atoms with van der Waals surface area (Å²) in [5.41, 5.74) is 1.36. The first-order chi connectivity index (χ1) is 14.0. The number of guanidine groups is 1. The molecule has 7 heteroatoms. The quantitative estimate of drug-likeness (QED) is 0.353. The summed E-state index contributed by atoms with van der Waals surface area (Å²) in [5, 5.41) is 6.94. The summed E-state index contributed by atoms with van der Waals surface area (Å²) in [6.45, 7) is 5.96. The molecule has 1 aromatic carbocycles. The van der Waals surface area contributed by atoms with E-state index in [2.05, 4.69) is 46.8 Å². The van der Waals surface area contributed by atoms with E-state index in [1.807, 2.05) is 20.0 Å². The van der Waals surface area contributed by atoms with Crippen LogP contribution < -0.4 is 20.1 Å². The number of aliphatic imine (C=N–C) groups is 1. The van der Waals surface area contributed by atoms with Crippen molar-refractivity contribution in [3.8, 4) is 11.5 Å². The van der Waals surface area contributed by atoms with Crippen LogP contribution in [0.15, 0.2) is 23.2 Å². The minimum atomic E-state index is 0.120. The first kappa shape index (κ1) is 23.3. The van der Waals surface area contributed by atoms with Crippen molar-refractivity contribution in [2.75, 3.05) is 61.2 Å². The fourth-order valence-corrected chi connectivity index (χ4v) is 3.65. The van der Waals surface area contributed by atoms with Gasteiger partial charge in [-0.25, -0.2) is 0 Å². The Labute approximate surface area is 175 Å². The monoisotopic (exact) mass is 406 g/mol. The fraction of sp³-hybridized carbons (Fsp3) is 0.682. The molecule has 0 radical (unpaired) electrons. The molecule has 1 aliphatic rings. The van der Waals surface area contributed by atoms with Crippen LogP contribution in [-0.4, -0.2) is 77.6 Å². The average molecular weight is 407 g/mol. The summed E-state index contributed by atoms with van der Waals surface area (Å²) in [6, 6.07) is 6.14. The molecule has 29 heavy (non-hydrogen) atoms. The molecule has 0 unspecified atom stereocenters. The number of rotatable bonds is 10. The number of methoxy groups -OCH3 is 1. The van der Waals surface area contributed by atoms with Crippen LogP contribution in [0.5, 0.6) is 11.5 Å². The smallest absolute Gasteiger partial charge is 0.191 e. The summed E-state index contributed by atoms with van der Waals surface area (Å²) in [7, 11) is 7.78. The standard InChI is InChI=1S/C22H38N4O3/c1-6-29-20-16-18(9-10-19(20)27-5)8-7-13-24-21(23-2)25-17-22(26(3)4)11-14-28-15-12-22/h9-10,16H,6-8,11-15,17H2,1-5H3,(H2,23,24,25). The zero-order chi connectivity index (χ0) is 21.1. The van der Waals surface area contributed by atoms with E-state index in [1.54, 1.807) is 7.11 Å².